The number of hydrogen-bond donors (Lipinski definition) is 0. The Bertz CT molecular complexity index is 1170. The molecule has 0 saturated carbocycles. The van der Waals surface area contributed by atoms with E-state index in [-0.39, 0.29) is 18.3 Å². The summed E-state index contributed by atoms with van der Waals surface area (Å²) >= 11 is 0. The molecule has 3 atom stereocenters. The Labute approximate surface area is 246 Å². The monoisotopic (exact) mass is 558 g/mol. The Morgan fingerprint density at radius 3 is 2.22 bits per heavy atom. The van der Waals surface area contributed by atoms with Gasteiger partial charge < -0.3 is 23.7 Å². The summed E-state index contributed by atoms with van der Waals surface area (Å²) in [5, 5.41) is 0. The van der Waals surface area contributed by atoms with Gasteiger partial charge in [0.1, 0.15) is 23.7 Å². The Balaban J connectivity index is 1.54. The van der Waals surface area contributed by atoms with E-state index in [9.17, 15) is 0 Å². The van der Waals surface area contributed by atoms with Crippen LogP contribution >= 0.6 is 0 Å². The van der Waals surface area contributed by atoms with E-state index in [0.717, 1.165) is 73.3 Å². The van der Waals surface area contributed by atoms with Crippen LogP contribution in [0.15, 0.2) is 90.5 Å². The van der Waals surface area contributed by atoms with Gasteiger partial charge in [-0.2, -0.15) is 0 Å². The highest BCUT2D eigenvalue weighted by Gasteiger charge is 2.35. The van der Waals surface area contributed by atoms with Gasteiger partial charge in [-0.1, -0.05) is 87.4 Å². The molecule has 220 valence electrons. The van der Waals surface area contributed by atoms with E-state index < -0.39 is 0 Å². The van der Waals surface area contributed by atoms with E-state index in [1.54, 1.807) is 7.11 Å². The zero-order valence-electron chi connectivity index (χ0n) is 24.9. The van der Waals surface area contributed by atoms with Crippen molar-refractivity contribution < 1.29 is 23.7 Å². The van der Waals surface area contributed by atoms with Crippen LogP contribution in [0.5, 0.6) is 11.5 Å². The number of methoxy groups -OCH3 is 1. The maximum absolute atomic E-state index is 6.72. The lowest BCUT2D eigenvalue weighted by molar-refractivity contribution is -0.0859. The Kier molecular flexibility index (Phi) is 12.8. The van der Waals surface area contributed by atoms with E-state index in [0.29, 0.717) is 19.8 Å². The summed E-state index contributed by atoms with van der Waals surface area (Å²) in [6, 6.07) is 26.9. The van der Waals surface area contributed by atoms with Crippen molar-refractivity contribution in [3.63, 3.8) is 0 Å². The molecular weight excluding hydrogens is 512 g/mol. The molecule has 3 aromatic carbocycles. The van der Waals surface area contributed by atoms with Crippen molar-refractivity contribution in [1.29, 1.82) is 0 Å². The van der Waals surface area contributed by atoms with Crippen LogP contribution in [-0.2, 0) is 27.2 Å². The minimum absolute atomic E-state index is 0.112. The van der Waals surface area contributed by atoms with Gasteiger partial charge in [0.2, 0.25) is 0 Å². The van der Waals surface area contributed by atoms with Gasteiger partial charge in [-0.05, 0) is 59.4 Å². The molecule has 1 aliphatic carbocycles. The number of benzene rings is 3. The summed E-state index contributed by atoms with van der Waals surface area (Å²) in [5.74, 6) is 1.75. The topological polar surface area (TPSA) is 46.2 Å². The van der Waals surface area contributed by atoms with Crippen molar-refractivity contribution >= 4 is 0 Å². The predicted molar refractivity (Wildman–Crippen MR) is 165 cm³/mol. The molecule has 0 spiro atoms. The molecule has 0 radical (unpaired) electrons. The highest BCUT2D eigenvalue weighted by molar-refractivity contribution is 5.39. The number of rotatable bonds is 17. The van der Waals surface area contributed by atoms with Gasteiger partial charge in [0.15, 0.2) is 0 Å². The summed E-state index contributed by atoms with van der Waals surface area (Å²) < 4.78 is 31.2. The second-order valence-electron chi connectivity index (χ2n) is 10.7. The first-order valence-corrected chi connectivity index (χ1v) is 15.1. The summed E-state index contributed by atoms with van der Waals surface area (Å²) in [5.41, 5.74) is 4.61. The molecule has 41 heavy (non-hydrogen) atoms. The fourth-order valence-corrected chi connectivity index (χ4v) is 5.04. The van der Waals surface area contributed by atoms with Crippen molar-refractivity contribution in [2.75, 3.05) is 26.9 Å². The number of unbranched alkanes of at least 4 members (excludes halogenated alkanes) is 2. The summed E-state index contributed by atoms with van der Waals surface area (Å²) in [7, 11) is 1.69. The largest absolute Gasteiger partial charge is 0.497 e. The third kappa shape index (κ3) is 9.74. The van der Waals surface area contributed by atoms with E-state index in [1.165, 1.54) is 5.56 Å². The summed E-state index contributed by atoms with van der Waals surface area (Å²) in [6.45, 7) is 6.85. The zero-order chi connectivity index (χ0) is 28.7. The van der Waals surface area contributed by atoms with E-state index in [4.69, 9.17) is 23.7 Å². The molecule has 1 aliphatic rings. The zero-order valence-corrected chi connectivity index (χ0v) is 24.9. The van der Waals surface area contributed by atoms with Crippen molar-refractivity contribution in [3.05, 3.63) is 107 Å². The predicted octanol–water partition coefficient (Wildman–Crippen LogP) is 7.95. The fraction of sp³-hybridized carbons (Fsp3) is 0.444. The lowest BCUT2D eigenvalue weighted by Crippen LogP contribution is -2.42. The van der Waals surface area contributed by atoms with Crippen LogP contribution in [0.1, 0.15) is 62.6 Å². The normalized spacial score (nSPS) is 18.6. The number of ether oxygens (including phenoxy) is 5. The Hall–Kier alpha value is -3.12. The molecular formula is C36H46O5. The molecule has 0 aromatic heterocycles. The molecule has 0 saturated heterocycles. The highest BCUT2D eigenvalue weighted by Crippen LogP contribution is 2.31. The summed E-state index contributed by atoms with van der Waals surface area (Å²) in [6.07, 6.45) is 7.53. The van der Waals surface area contributed by atoms with E-state index in [1.807, 2.05) is 36.4 Å². The Morgan fingerprint density at radius 2 is 1.46 bits per heavy atom. The lowest BCUT2D eigenvalue weighted by atomic mass is 9.91. The van der Waals surface area contributed by atoms with Crippen LogP contribution in [0, 0.1) is 0 Å². The molecule has 0 aliphatic heterocycles. The van der Waals surface area contributed by atoms with Gasteiger partial charge in [-0.3, -0.25) is 0 Å². The van der Waals surface area contributed by atoms with Gasteiger partial charge in [0.25, 0.3) is 0 Å². The molecule has 3 aromatic rings. The van der Waals surface area contributed by atoms with Crippen molar-refractivity contribution in [2.24, 2.45) is 0 Å². The first-order valence-electron chi connectivity index (χ1n) is 15.1. The van der Waals surface area contributed by atoms with Crippen molar-refractivity contribution in [1.82, 2.24) is 0 Å². The number of hydrogen-bond acceptors (Lipinski definition) is 5. The smallest absolute Gasteiger partial charge is 0.123 e. The first kappa shape index (κ1) is 30.8. The molecule has 0 N–H and O–H groups in total. The van der Waals surface area contributed by atoms with Crippen LogP contribution in [0.2, 0.25) is 0 Å². The minimum atomic E-state index is -0.178. The quantitative estimate of drug-likeness (QED) is 0.124. The molecule has 0 heterocycles. The Morgan fingerprint density at radius 1 is 0.732 bits per heavy atom. The second-order valence-corrected chi connectivity index (χ2v) is 10.7. The van der Waals surface area contributed by atoms with Crippen molar-refractivity contribution in [2.45, 2.75) is 77.3 Å². The second kappa shape index (κ2) is 17.0. The summed E-state index contributed by atoms with van der Waals surface area (Å²) in [4.78, 5) is 0. The van der Waals surface area contributed by atoms with Crippen LogP contribution in [0.4, 0.5) is 0 Å². The number of para-hydroxylation sites is 1. The lowest BCUT2D eigenvalue weighted by Gasteiger charge is -2.36. The first-order chi connectivity index (χ1) is 20.2. The van der Waals surface area contributed by atoms with Gasteiger partial charge >= 0.3 is 0 Å². The SMILES string of the molecule is CCCCOCC1=C[C@@H](Oc2ccccc2Cc2ccc(OC)cc2)C[C@@H](OCCCC)C1OCc1ccccc1. The van der Waals surface area contributed by atoms with Crippen LogP contribution in [-0.4, -0.2) is 45.2 Å². The van der Waals surface area contributed by atoms with Crippen LogP contribution < -0.4 is 9.47 Å². The van der Waals surface area contributed by atoms with Gasteiger partial charge in [0.05, 0.1) is 26.4 Å². The molecule has 0 bridgehead atoms. The molecule has 0 amide bonds. The minimum Gasteiger partial charge on any atom is -0.497 e. The average Bonchev–Trinajstić information content (AvgIpc) is 3.01. The molecule has 0 fully saturated rings. The van der Waals surface area contributed by atoms with Gasteiger partial charge in [-0.15, -0.1) is 0 Å². The maximum atomic E-state index is 6.72. The van der Waals surface area contributed by atoms with Crippen LogP contribution in [0.3, 0.4) is 0 Å². The molecule has 5 nitrogen and oxygen atoms in total. The average molecular weight is 559 g/mol. The van der Waals surface area contributed by atoms with E-state index >= 15 is 0 Å². The molecule has 1 unspecified atom stereocenters. The molecule has 5 heteroatoms. The maximum Gasteiger partial charge on any atom is 0.123 e. The van der Waals surface area contributed by atoms with E-state index in [2.05, 4.69) is 62.4 Å². The highest BCUT2D eigenvalue weighted by atomic mass is 16.5. The van der Waals surface area contributed by atoms with Crippen molar-refractivity contribution in [3.8, 4) is 11.5 Å². The van der Waals surface area contributed by atoms with Gasteiger partial charge in [-0.25, -0.2) is 0 Å². The fourth-order valence-electron chi connectivity index (χ4n) is 5.04. The standard InChI is InChI=1S/C36H46O5/c1-4-6-21-38-27-31-24-33(25-35(39-22-7-5-2)36(31)40-26-29-13-9-8-10-14-29)41-34-16-12-11-15-30(34)23-28-17-19-32(37-3)20-18-28/h8-20,24,33,35-36H,4-7,21-23,25-27H2,1-3H3/t33-,35-,36?/m1/s1. The van der Waals surface area contributed by atoms with Crippen LogP contribution in [0.25, 0.3) is 0 Å². The molecule has 4 rings (SSSR count). The third-order valence-corrected chi connectivity index (χ3v) is 7.39. The van der Waals surface area contributed by atoms with Gasteiger partial charge in [0, 0.05) is 26.1 Å². The third-order valence-electron chi connectivity index (χ3n) is 7.39.